The molecule has 0 spiro atoms. The minimum absolute atomic E-state index is 0.0802. The quantitative estimate of drug-likeness (QED) is 0.363. The molecule has 0 rings (SSSR count). The van der Waals surface area contributed by atoms with Gasteiger partial charge in [-0.05, 0) is 12.8 Å². The summed E-state index contributed by atoms with van der Waals surface area (Å²) in [5, 5.41) is 8.60. The summed E-state index contributed by atoms with van der Waals surface area (Å²) in [7, 11) is 0. The van der Waals surface area contributed by atoms with Crippen LogP contribution >= 0.6 is 0 Å². The van der Waals surface area contributed by atoms with Gasteiger partial charge in [-0.3, -0.25) is 4.79 Å². The zero-order valence-corrected chi connectivity index (χ0v) is 16.4. The van der Waals surface area contributed by atoms with Gasteiger partial charge in [-0.25, -0.2) is 4.79 Å². The molecule has 1 amide bonds. The molecule has 0 saturated carbocycles. The van der Waals surface area contributed by atoms with Crippen LogP contribution in [0.1, 0.15) is 90.9 Å². The van der Waals surface area contributed by atoms with E-state index in [4.69, 9.17) is 9.84 Å². The molecule has 0 heterocycles. The van der Waals surface area contributed by atoms with Gasteiger partial charge in [0.25, 0.3) is 0 Å². The van der Waals surface area contributed by atoms with Gasteiger partial charge in [0.15, 0.2) is 0 Å². The highest BCUT2D eigenvalue weighted by Gasteiger charge is 2.13. The summed E-state index contributed by atoms with van der Waals surface area (Å²) < 4.78 is 4.97. The first kappa shape index (κ1) is 23.9. The van der Waals surface area contributed by atoms with Crippen LogP contribution in [0.25, 0.3) is 0 Å². The first-order valence-corrected chi connectivity index (χ1v) is 10.2. The number of amides is 1. The number of unbranched alkanes of at least 4 members (excludes halogenated alkanes) is 10. The molecule has 148 valence electrons. The van der Waals surface area contributed by atoms with Crippen molar-refractivity contribution in [3.05, 3.63) is 0 Å². The van der Waals surface area contributed by atoms with Crippen molar-refractivity contribution in [2.45, 2.75) is 90.9 Å². The van der Waals surface area contributed by atoms with E-state index in [1.54, 1.807) is 0 Å². The topological polar surface area (TPSA) is 66.8 Å². The summed E-state index contributed by atoms with van der Waals surface area (Å²) >= 11 is 0. The van der Waals surface area contributed by atoms with Crippen LogP contribution in [-0.2, 0) is 14.3 Å². The van der Waals surface area contributed by atoms with Gasteiger partial charge in [0.2, 0.25) is 5.91 Å². The Bertz CT molecular complexity index is 318. The maximum atomic E-state index is 12.3. The van der Waals surface area contributed by atoms with E-state index in [0.29, 0.717) is 0 Å². The molecule has 0 aromatic heterocycles. The lowest BCUT2D eigenvalue weighted by Crippen LogP contribution is -2.36. The second kappa shape index (κ2) is 17.7. The van der Waals surface area contributed by atoms with Gasteiger partial charge in [-0.15, -0.1) is 0 Å². The lowest BCUT2D eigenvalue weighted by atomic mass is 10.1. The number of carbonyl (C=O) groups excluding carboxylic acids is 1. The average Bonchev–Trinajstić information content (AvgIpc) is 2.58. The maximum absolute atomic E-state index is 12.3. The third kappa shape index (κ3) is 16.1. The molecule has 0 unspecified atom stereocenters. The van der Waals surface area contributed by atoms with E-state index in [9.17, 15) is 9.59 Å². The van der Waals surface area contributed by atoms with Crippen molar-refractivity contribution in [1.82, 2.24) is 4.90 Å². The highest BCUT2D eigenvalue weighted by molar-refractivity contribution is 5.78. The molecule has 0 fully saturated rings. The number of rotatable bonds is 18. The Morgan fingerprint density at radius 3 is 1.60 bits per heavy atom. The summed E-state index contributed by atoms with van der Waals surface area (Å²) in [5.74, 6) is -1.12. The minimum atomic E-state index is -1.04. The van der Waals surface area contributed by atoms with Crippen molar-refractivity contribution in [2.75, 3.05) is 26.3 Å². The van der Waals surface area contributed by atoms with Gasteiger partial charge in [0.05, 0.1) is 0 Å². The van der Waals surface area contributed by atoms with Gasteiger partial charge in [-0.2, -0.15) is 0 Å². The summed E-state index contributed by atoms with van der Waals surface area (Å²) in [4.78, 5) is 24.6. The summed E-state index contributed by atoms with van der Waals surface area (Å²) in [6, 6.07) is 0. The SMILES string of the molecule is CCCCCCCCN(CCCCCCCC)C(=O)COCC(=O)O. The number of carbonyl (C=O) groups is 2. The maximum Gasteiger partial charge on any atom is 0.329 e. The van der Waals surface area contributed by atoms with Crippen molar-refractivity contribution in [3.8, 4) is 0 Å². The Morgan fingerprint density at radius 1 is 0.720 bits per heavy atom. The highest BCUT2D eigenvalue weighted by Crippen LogP contribution is 2.09. The fourth-order valence-electron chi connectivity index (χ4n) is 2.84. The molecule has 5 nitrogen and oxygen atoms in total. The number of hydrogen-bond donors (Lipinski definition) is 1. The van der Waals surface area contributed by atoms with Crippen molar-refractivity contribution in [1.29, 1.82) is 0 Å². The van der Waals surface area contributed by atoms with E-state index in [2.05, 4.69) is 13.8 Å². The van der Waals surface area contributed by atoms with Crippen LogP contribution in [0.5, 0.6) is 0 Å². The van der Waals surface area contributed by atoms with Crippen LogP contribution in [0.2, 0.25) is 0 Å². The van der Waals surface area contributed by atoms with Gasteiger partial charge < -0.3 is 14.7 Å². The Balaban J connectivity index is 4.06. The Kier molecular flexibility index (Phi) is 16.9. The van der Waals surface area contributed by atoms with E-state index in [1.807, 2.05) is 4.90 Å². The zero-order valence-electron chi connectivity index (χ0n) is 16.4. The van der Waals surface area contributed by atoms with Crippen LogP contribution in [-0.4, -0.2) is 48.2 Å². The van der Waals surface area contributed by atoms with Crippen LogP contribution < -0.4 is 0 Å². The van der Waals surface area contributed by atoms with Crippen LogP contribution in [0.4, 0.5) is 0 Å². The first-order valence-electron chi connectivity index (χ1n) is 10.2. The zero-order chi connectivity index (χ0) is 18.8. The molecule has 0 bridgehead atoms. The summed E-state index contributed by atoms with van der Waals surface area (Å²) in [5.41, 5.74) is 0. The molecule has 0 aromatic carbocycles. The second-order valence-electron chi connectivity index (χ2n) is 6.80. The smallest absolute Gasteiger partial charge is 0.329 e. The summed E-state index contributed by atoms with van der Waals surface area (Å²) in [6.07, 6.45) is 14.4. The lowest BCUT2D eigenvalue weighted by Gasteiger charge is -2.22. The molecule has 0 aromatic rings. The van der Waals surface area contributed by atoms with E-state index >= 15 is 0 Å². The molecule has 0 aliphatic carbocycles. The van der Waals surface area contributed by atoms with Crippen molar-refractivity contribution < 1.29 is 19.4 Å². The van der Waals surface area contributed by atoms with Crippen molar-refractivity contribution >= 4 is 11.9 Å². The number of aliphatic carboxylic acids is 1. The van der Waals surface area contributed by atoms with Gasteiger partial charge >= 0.3 is 5.97 Å². The predicted octanol–water partition coefficient (Wildman–Crippen LogP) is 4.64. The largest absolute Gasteiger partial charge is 0.480 e. The van der Waals surface area contributed by atoms with Crippen molar-refractivity contribution in [3.63, 3.8) is 0 Å². The van der Waals surface area contributed by atoms with Gasteiger partial charge in [0.1, 0.15) is 13.2 Å². The van der Waals surface area contributed by atoms with Crippen LogP contribution in [0.3, 0.4) is 0 Å². The van der Waals surface area contributed by atoms with E-state index < -0.39 is 12.6 Å². The number of hydrogen-bond acceptors (Lipinski definition) is 3. The standard InChI is InChI=1S/C20H39NO4/c1-3-5-7-9-11-13-15-21(16-14-12-10-8-6-4-2)19(22)17-25-18-20(23)24/h3-18H2,1-2H3,(H,23,24). The van der Waals surface area contributed by atoms with E-state index in [-0.39, 0.29) is 12.5 Å². The molecular weight excluding hydrogens is 318 g/mol. The molecule has 0 radical (unpaired) electrons. The molecule has 25 heavy (non-hydrogen) atoms. The Hall–Kier alpha value is -1.10. The third-order valence-electron chi connectivity index (χ3n) is 4.37. The molecule has 0 saturated heterocycles. The molecule has 0 aliphatic heterocycles. The van der Waals surface area contributed by atoms with Crippen LogP contribution in [0.15, 0.2) is 0 Å². The Labute approximate surface area is 154 Å². The summed E-state index contributed by atoms with van der Waals surface area (Å²) in [6.45, 7) is 5.40. The highest BCUT2D eigenvalue weighted by atomic mass is 16.5. The normalized spacial score (nSPS) is 10.8. The molecule has 0 aliphatic rings. The van der Waals surface area contributed by atoms with Gasteiger partial charge in [0, 0.05) is 13.1 Å². The van der Waals surface area contributed by atoms with Crippen LogP contribution in [0, 0.1) is 0 Å². The predicted molar refractivity (Wildman–Crippen MR) is 102 cm³/mol. The number of nitrogens with zero attached hydrogens (tertiary/aromatic N) is 1. The van der Waals surface area contributed by atoms with Crippen molar-refractivity contribution in [2.24, 2.45) is 0 Å². The minimum Gasteiger partial charge on any atom is -0.480 e. The fraction of sp³-hybridized carbons (Fsp3) is 0.900. The van der Waals surface area contributed by atoms with E-state index in [0.717, 1.165) is 38.8 Å². The Morgan fingerprint density at radius 2 is 1.16 bits per heavy atom. The monoisotopic (exact) mass is 357 g/mol. The average molecular weight is 358 g/mol. The molecule has 5 heteroatoms. The van der Waals surface area contributed by atoms with E-state index in [1.165, 1.54) is 51.4 Å². The second-order valence-corrected chi connectivity index (χ2v) is 6.80. The molecular formula is C20H39NO4. The molecule has 1 N–H and O–H groups in total. The fourth-order valence-corrected chi connectivity index (χ4v) is 2.84. The third-order valence-corrected chi connectivity index (χ3v) is 4.37. The number of carboxylic acids is 1. The molecule has 0 atom stereocenters. The number of carboxylic acid groups (broad SMARTS) is 1. The van der Waals surface area contributed by atoms with Gasteiger partial charge in [-0.1, -0.05) is 78.1 Å². The first-order chi connectivity index (χ1) is 12.1. The number of ether oxygens (including phenoxy) is 1. The lowest BCUT2D eigenvalue weighted by molar-refractivity contribution is -0.145.